The molecule has 1 aromatic heterocycles. The lowest BCUT2D eigenvalue weighted by Crippen LogP contribution is -2.09. The standard InChI is InChI=1S/C23H14Cl2F3N3/c24-16-12-10-15(11-13-16)21-18(14-29-20-9-5-4-8-19(20)25)22(23(26,27)28)30-31(21)17-6-2-1-3-7-17/h1-14H. The summed E-state index contributed by atoms with van der Waals surface area (Å²) in [6.45, 7) is 0. The number of para-hydroxylation sites is 2. The molecule has 0 aliphatic carbocycles. The van der Waals surface area contributed by atoms with Crippen LogP contribution in [0, 0.1) is 0 Å². The Morgan fingerprint density at radius 3 is 2.13 bits per heavy atom. The van der Waals surface area contributed by atoms with Gasteiger partial charge in [0, 0.05) is 16.8 Å². The van der Waals surface area contributed by atoms with Gasteiger partial charge in [-0.05, 0) is 36.4 Å². The largest absolute Gasteiger partial charge is 0.435 e. The topological polar surface area (TPSA) is 30.2 Å². The first kappa shape index (κ1) is 21.2. The van der Waals surface area contributed by atoms with Gasteiger partial charge in [-0.3, -0.25) is 4.99 Å². The Kier molecular flexibility index (Phi) is 5.85. The van der Waals surface area contributed by atoms with Crippen molar-refractivity contribution in [2.45, 2.75) is 6.18 Å². The van der Waals surface area contributed by atoms with Gasteiger partial charge in [0.25, 0.3) is 0 Å². The molecule has 0 saturated carbocycles. The van der Waals surface area contributed by atoms with E-state index in [1.165, 1.54) is 4.68 Å². The van der Waals surface area contributed by atoms with E-state index in [0.29, 0.717) is 27.0 Å². The van der Waals surface area contributed by atoms with E-state index < -0.39 is 11.9 Å². The maximum atomic E-state index is 14.0. The predicted octanol–water partition coefficient (Wildman–Crippen LogP) is 7.62. The average Bonchev–Trinajstić information content (AvgIpc) is 3.14. The van der Waals surface area contributed by atoms with Crippen molar-refractivity contribution >= 4 is 35.1 Å². The lowest BCUT2D eigenvalue weighted by Gasteiger charge is -2.09. The molecule has 0 unspecified atom stereocenters. The summed E-state index contributed by atoms with van der Waals surface area (Å²) in [5, 5.41) is 4.72. The Labute approximate surface area is 186 Å². The summed E-state index contributed by atoms with van der Waals surface area (Å²) in [6, 6.07) is 21.8. The van der Waals surface area contributed by atoms with E-state index in [-0.39, 0.29) is 11.3 Å². The van der Waals surface area contributed by atoms with E-state index in [4.69, 9.17) is 23.2 Å². The lowest BCUT2D eigenvalue weighted by molar-refractivity contribution is -0.141. The van der Waals surface area contributed by atoms with Crippen LogP contribution < -0.4 is 0 Å². The first-order chi connectivity index (χ1) is 14.8. The van der Waals surface area contributed by atoms with Crippen molar-refractivity contribution in [2.24, 2.45) is 4.99 Å². The molecule has 8 heteroatoms. The zero-order chi connectivity index (χ0) is 22.0. The lowest BCUT2D eigenvalue weighted by atomic mass is 10.1. The zero-order valence-corrected chi connectivity index (χ0v) is 17.3. The normalized spacial score (nSPS) is 11.9. The summed E-state index contributed by atoms with van der Waals surface area (Å²) in [5.41, 5.74) is 0.376. The maximum absolute atomic E-state index is 14.0. The molecule has 0 aliphatic rings. The minimum atomic E-state index is -4.69. The van der Waals surface area contributed by atoms with Gasteiger partial charge in [-0.15, -0.1) is 0 Å². The van der Waals surface area contributed by atoms with E-state index in [2.05, 4.69) is 10.1 Å². The number of alkyl halides is 3. The number of aliphatic imine (C=N–C) groups is 1. The van der Waals surface area contributed by atoms with Crippen LogP contribution in [0.2, 0.25) is 10.0 Å². The van der Waals surface area contributed by atoms with Crippen molar-refractivity contribution in [3.8, 4) is 16.9 Å². The van der Waals surface area contributed by atoms with Gasteiger partial charge in [0.2, 0.25) is 0 Å². The second-order valence-electron chi connectivity index (χ2n) is 6.57. The molecule has 1 heterocycles. The third-order valence-corrected chi connectivity index (χ3v) is 5.07. The predicted molar refractivity (Wildman–Crippen MR) is 118 cm³/mol. The molecule has 0 saturated heterocycles. The molecule has 0 spiro atoms. The van der Waals surface area contributed by atoms with Crippen molar-refractivity contribution in [2.75, 3.05) is 0 Å². The summed E-state index contributed by atoms with van der Waals surface area (Å²) >= 11 is 12.1. The number of halogens is 5. The van der Waals surface area contributed by atoms with Crippen LogP contribution in [0.15, 0.2) is 83.9 Å². The Hall–Kier alpha value is -3.09. The van der Waals surface area contributed by atoms with E-state index in [1.807, 2.05) is 0 Å². The van der Waals surface area contributed by atoms with Crippen molar-refractivity contribution in [3.63, 3.8) is 0 Å². The third-order valence-electron chi connectivity index (χ3n) is 4.49. The molecule has 3 nitrogen and oxygen atoms in total. The van der Waals surface area contributed by atoms with Crippen LogP contribution in [0.5, 0.6) is 0 Å². The van der Waals surface area contributed by atoms with Crippen molar-refractivity contribution in [1.29, 1.82) is 0 Å². The Balaban J connectivity index is 2.00. The van der Waals surface area contributed by atoms with Crippen molar-refractivity contribution < 1.29 is 13.2 Å². The molecule has 0 atom stereocenters. The van der Waals surface area contributed by atoms with Gasteiger partial charge in [-0.25, -0.2) is 4.68 Å². The fraction of sp³-hybridized carbons (Fsp3) is 0.0435. The molecule has 0 aliphatic heterocycles. The number of hydrogen-bond acceptors (Lipinski definition) is 2. The number of hydrogen-bond donors (Lipinski definition) is 0. The highest BCUT2D eigenvalue weighted by molar-refractivity contribution is 6.33. The van der Waals surface area contributed by atoms with E-state index in [9.17, 15) is 13.2 Å². The molecule has 31 heavy (non-hydrogen) atoms. The molecule has 4 aromatic rings. The van der Waals surface area contributed by atoms with Gasteiger partial charge in [0.15, 0.2) is 5.69 Å². The summed E-state index contributed by atoms with van der Waals surface area (Å²) in [5.74, 6) is 0. The summed E-state index contributed by atoms with van der Waals surface area (Å²) < 4.78 is 43.1. The fourth-order valence-electron chi connectivity index (χ4n) is 3.09. The van der Waals surface area contributed by atoms with Crippen LogP contribution in [0.1, 0.15) is 11.3 Å². The second kappa shape index (κ2) is 8.57. The summed E-state index contributed by atoms with van der Waals surface area (Å²) in [7, 11) is 0. The summed E-state index contributed by atoms with van der Waals surface area (Å²) in [6.07, 6.45) is -3.54. The van der Waals surface area contributed by atoms with Crippen molar-refractivity contribution in [1.82, 2.24) is 9.78 Å². The van der Waals surface area contributed by atoms with Gasteiger partial charge >= 0.3 is 6.18 Å². The average molecular weight is 460 g/mol. The van der Waals surface area contributed by atoms with Gasteiger partial charge in [0.1, 0.15) is 0 Å². The number of benzene rings is 3. The molecular formula is C23H14Cl2F3N3. The smallest absolute Gasteiger partial charge is 0.255 e. The quantitative estimate of drug-likeness (QED) is 0.288. The second-order valence-corrected chi connectivity index (χ2v) is 7.42. The first-order valence-corrected chi connectivity index (χ1v) is 9.90. The van der Waals surface area contributed by atoms with Crippen LogP contribution >= 0.6 is 23.2 Å². The highest BCUT2D eigenvalue weighted by Gasteiger charge is 2.39. The third kappa shape index (κ3) is 4.50. The summed E-state index contributed by atoms with van der Waals surface area (Å²) in [4.78, 5) is 4.22. The maximum Gasteiger partial charge on any atom is 0.435 e. The molecule has 0 amide bonds. The molecular weight excluding hydrogens is 446 g/mol. The van der Waals surface area contributed by atoms with Crippen molar-refractivity contribution in [3.05, 3.63) is 100 Å². The van der Waals surface area contributed by atoms with Crippen LogP contribution in [0.25, 0.3) is 16.9 Å². The minimum absolute atomic E-state index is 0.168. The molecule has 0 N–H and O–H groups in total. The first-order valence-electron chi connectivity index (χ1n) is 9.15. The van der Waals surface area contributed by atoms with Crippen LogP contribution in [-0.2, 0) is 6.18 Å². The highest BCUT2D eigenvalue weighted by atomic mass is 35.5. The van der Waals surface area contributed by atoms with Gasteiger partial charge in [-0.2, -0.15) is 18.3 Å². The number of aromatic nitrogens is 2. The Morgan fingerprint density at radius 2 is 1.48 bits per heavy atom. The Morgan fingerprint density at radius 1 is 0.839 bits per heavy atom. The minimum Gasteiger partial charge on any atom is -0.255 e. The number of nitrogens with zero attached hydrogens (tertiary/aromatic N) is 3. The van der Waals surface area contributed by atoms with E-state index in [0.717, 1.165) is 6.21 Å². The molecule has 156 valence electrons. The fourth-order valence-corrected chi connectivity index (χ4v) is 3.40. The van der Waals surface area contributed by atoms with Gasteiger partial charge in [-0.1, -0.05) is 65.7 Å². The molecule has 0 radical (unpaired) electrons. The van der Waals surface area contributed by atoms with E-state index >= 15 is 0 Å². The van der Waals surface area contributed by atoms with Crippen LogP contribution in [-0.4, -0.2) is 16.0 Å². The molecule has 0 bridgehead atoms. The molecule has 0 fully saturated rings. The highest BCUT2D eigenvalue weighted by Crippen LogP contribution is 2.37. The monoisotopic (exact) mass is 459 g/mol. The van der Waals surface area contributed by atoms with Gasteiger partial charge < -0.3 is 0 Å². The van der Waals surface area contributed by atoms with Gasteiger partial charge in [0.05, 0.1) is 27.7 Å². The molecule has 3 aromatic carbocycles. The van der Waals surface area contributed by atoms with Crippen LogP contribution in [0.4, 0.5) is 18.9 Å². The molecule has 4 rings (SSSR count). The SMILES string of the molecule is FC(F)(F)c1nn(-c2ccccc2)c(-c2ccc(Cl)cc2)c1C=Nc1ccccc1Cl. The zero-order valence-electron chi connectivity index (χ0n) is 15.8. The number of rotatable bonds is 4. The van der Waals surface area contributed by atoms with E-state index in [1.54, 1.807) is 78.9 Å². The van der Waals surface area contributed by atoms with Crippen LogP contribution in [0.3, 0.4) is 0 Å². The Bertz CT molecular complexity index is 1230.